The van der Waals surface area contributed by atoms with E-state index in [9.17, 15) is 37.7 Å². The highest BCUT2D eigenvalue weighted by atomic mass is 32.2. The topological polar surface area (TPSA) is 432 Å². The Balaban J connectivity index is 0.000000157. The molecular weight excluding hydrogens is 1550 g/mol. The quantitative estimate of drug-likeness (QED) is 0.0105. The van der Waals surface area contributed by atoms with Gasteiger partial charge in [0.05, 0.1) is 59.0 Å². The molecule has 0 unspecified atom stereocenters. The number of nitrogens with two attached hydrogens (primary N) is 1. The number of nitrogens with one attached hydrogen (secondary N) is 8. The Morgan fingerprint density at radius 2 is 0.733 bits per heavy atom. The van der Waals surface area contributed by atoms with Gasteiger partial charge >= 0.3 is 23.9 Å². The van der Waals surface area contributed by atoms with Crippen LogP contribution in [0.4, 0.5) is 52.2 Å². The second-order valence-corrected chi connectivity index (χ2v) is 28.2. The van der Waals surface area contributed by atoms with E-state index in [0.717, 1.165) is 95.5 Å². The number of nitro groups is 1. The molecule has 614 valence electrons. The van der Waals surface area contributed by atoms with Crippen molar-refractivity contribution in [2.75, 3.05) is 47.7 Å². The lowest BCUT2D eigenvalue weighted by atomic mass is 9.98. The number of esters is 4. The van der Waals surface area contributed by atoms with Crippen LogP contribution in [-0.2, 0) is 35.6 Å². The third-order valence-corrected chi connectivity index (χ3v) is 19.2. The fraction of sp³-hybridized carbons (Fsp3) is 0.182. The second kappa shape index (κ2) is 40.0. The number of aromatic amines is 4. The van der Waals surface area contributed by atoms with E-state index in [1.807, 2.05) is 176 Å². The van der Waals surface area contributed by atoms with Gasteiger partial charge in [0.25, 0.3) is 5.69 Å². The molecule has 14 aromatic rings. The van der Waals surface area contributed by atoms with Gasteiger partial charge in [0.15, 0.2) is 0 Å². The lowest BCUT2D eigenvalue weighted by Crippen LogP contribution is -2.11. The standard InChI is InChI=1S/C26H26N4O3.C24H22N4O2.C19H21N5O4S.C19H19N5O4/c1-4-32-25(31)24-17(2)23(18(3)28-24)22-13-14-27-26(30-22)29-20-11-8-12-21(15-20)33-16-19-9-6-5-7-10-19;1-3-30-23(29)22-21(17-10-6-4-7-11-17)20(16(2)26-22)19-14-15-25-24(28-19)27-18-12-8-5-9-13-18;1-4-28-18(25)17-11(2)16(12(3)22-17)15-9-10-21-19(24-15)23-13-5-7-14(8-6-13)29(20,26)27;1-4-28-18(25)17-11(2)16(12(3)21-17)15-9-10-20-19(23-15)22-13-5-7-14(8-6-13)24(26)27/h5-15,28H,4,16H2,1-3H3,(H,27,29,30);4-15,26H,3H2,1-2H3,(H,25,27,28);5-10,22H,4H2,1-3H3,(H2,20,26,27)(H,21,23,24);5-10,21H,4H2,1-3H3,(H,20,22,23). The highest BCUT2D eigenvalue weighted by molar-refractivity contribution is 7.89. The summed E-state index contributed by atoms with van der Waals surface area (Å²) in [5, 5.41) is 28.4. The summed E-state index contributed by atoms with van der Waals surface area (Å²) in [6.07, 6.45) is 6.60. The van der Waals surface area contributed by atoms with Gasteiger partial charge in [0.1, 0.15) is 35.1 Å². The number of carbonyl (C=O) groups is 4. The fourth-order valence-corrected chi connectivity index (χ4v) is 13.4. The van der Waals surface area contributed by atoms with Crippen LogP contribution >= 0.6 is 0 Å². The van der Waals surface area contributed by atoms with E-state index >= 15 is 0 Å². The first kappa shape index (κ1) is 85.8. The van der Waals surface area contributed by atoms with Crippen LogP contribution in [0.15, 0.2) is 218 Å². The molecule has 0 fully saturated rings. The number of hydrogen-bond acceptors (Lipinski definition) is 25. The van der Waals surface area contributed by atoms with Crippen molar-refractivity contribution in [2.45, 2.75) is 87.7 Å². The molecule has 14 rings (SSSR count). The SMILES string of the molecule is CCOC(=O)c1[nH]c(C)c(-c2ccnc(Nc3ccc(S(N)(=O)=O)cc3)n2)c1C.CCOC(=O)c1[nH]c(C)c(-c2ccnc(Nc3ccc([N+](=O)[O-])cc3)n2)c1C.CCOC(=O)c1[nH]c(C)c(-c2ccnc(Nc3cccc(OCc4ccccc4)c3)n2)c1C.CCOC(=O)c1[nH]c(C)c(-c2ccnc(Nc3ccccc3)n2)c1-c1ccccc1. The molecule has 8 heterocycles. The summed E-state index contributed by atoms with van der Waals surface area (Å²) in [6.45, 7) is 21.9. The van der Waals surface area contributed by atoms with E-state index in [1.54, 1.807) is 88.9 Å². The van der Waals surface area contributed by atoms with Crippen LogP contribution in [0.1, 0.15) is 115 Å². The number of non-ortho nitro benzene ring substituents is 1. The Bertz CT molecular complexity index is 6060. The van der Waals surface area contributed by atoms with E-state index in [-0.39, 0.29) is 29.1 Å². The molecule has 0 radical (unpaired) electrons. The minimum absolute atomic E-state index is 0.00489. The third-order valence-electron chi connectivity index (χ3n) is 18.3. The van der Waals surface area contributed by atoms with Crippen molar-refractivity contribution in [3.05, 3.63) is 291 Å². The van der Waals surface area contributed by atoms with Crippen LogP contribution in [-0.4, -0.2) is 123 Å². The summed E-state index contributed by atoms with van der Waals surface area (Å²) in [7, 11) is -3.75. The Hall–Kier alpha value is -15.1. The van der Waals surface area contributed by atoms with E-state index in [2.05, 4.69) is 76.1 Å². The Morgan fingerprint density at radius 1 is 0.400 bits per heavy atom. The Kier molecular flexibility index (Phi) is 28.6. The van der Waals surface area contributed by atoms with Gasteiger partial charge in [-0.15, -0.1) is 0 Å². The van der Waals surface area contributed by atoms with E-state index in [0.29, 0.717) is 107 Å². The Labute approximate surface area is 691 Å². The van der Waals surface area contributed by atoms with Gasteiger partial charge in [-0.25, -0.2) is 72.6 Å². The summed E-state index contributed by atoms with van der Waals surface area (Å²) in [4.78, 5) is 107. The van der Waals surface area contributed by atoms with E-state index in [4.69, 9.17) is 33.8 Å². The summed E-state index contributed by atoms with van der Waals surface area (Å²) in [5.41, 5.74) is 18.9. The monoisotopic (exact) mass is 1640 g/mol. The smallest absolute Gasteiger partial charge is 0.355 e. The number of anilines is 8. The number of aryl methyl sites for hydroxylation is 4. The molecule has 0 bridgehead atoms. The first-order valence-electron chi connectivity index (χ1n) is 38.0. The summed E-state index contributed by atoms with van der Waals surface area (Å²) >= 11 is 0. The summed E-state index contributed by atoms with van der Waals surface area (Å²) in [6, 6.07) is 56.3. The molecule has 0 saturated carbocycles. The lowest BCUT2D eigenvalue weighted by molar-refractivity contribution is -0.384. The number of aromatic nitrogens is 12. The van der Waals surface area contributed by atoms with Crippen LogP contribution in [0.3, 0.4) is 0 Å². The maximum absolute atomic E-state index is 12.6. The van der Waals surface area contributed by atoms with Crippen LogP contribution in [0, 0.1) is 58.6 Å². The molecule has 0 aliphatic rings. The molecule has 0 aliphatic heterocycles. The van der Waals surface area contributed by atoms with Crippen molar-refractivity contribution in [1.29, 1.82) is 0 Å². The van der Waals surface area contributed by atoms with Crippen molar-refractivity contribution in [3.63, 3.8) is 0 Å². The van der Waals surface area contributed by atoms with Crippen molar-refractivity contribution in [2.24, 2.45) is 5.14 Å². The van der Waals surface area contributed by atoms with Crippen LogP contribution in [0.2, 0.25) is 0 Å². The maximum atomic E-state index is 12.6. The first-order valence-corrected chi connectivity index (χ1v) is 39.5. The molecule has 0 amide bonds. The zero-order valence-corrected chi connectivity index (χ0v) is 68.4. The normalized spacial score (nSPS) is 10.8. The molecule has 0 saturated heterocycles. The van der Waals surface area contributed by atoms with Gasteiger partial charge in [-0.05, 0) is 189 Å². The van der Waals surface area contributed by atoms with Gasteiger partial charge in [-0.2, -0.15) is 0 Å². The van der Waals surface area contributed by atoms with Crippen molar-refractivity contribution in [1.82, 2.24) is 59.8 Å². The number of benzene rings is 6. The molecule has 0 aliphatic carbocycles. The van der Waals surface area contributed by atoms with E-state index in [1.165, 1.54) is 24.3 Å². The van der Waals surface area contributed by atoms with Crippen LogP contribution in [0.25, 0.3) is 56.2 Å². The van der Waals surface area contributed by atoms with E-state index < -0.39 is 26.9 Å². The zero-order valence-electron chi connectivity index (χ0n) is 67.6. The maximum Gasteiger partial charge on any atom is 0.355 e. The predicted molar refractivity (Wildman–Crippen MR) is 457 cm³/mol. The molecule has 0 atom stereocenters. The number of H-pyrrole nitrogens is 4. The van der Waals surface area contributed by atoms with Gasteiger partial charge in [-0.1, -0.05) is 84.9 Å². The average molecular weight is 1640 g/mol. The van der Waals surface area contributed by atoms with Gasteiger partial charge < -0.3 is 64.9 Å². The van der Waals surface area contributed by atoms with Crippen molar-refractivity contribution in [3.8, 4) is 61.9 Å². The highest BCUT2D eigenvalue weighted by Crippen LogP contribution is 2.39. The first-order chi connectivity index (χ1) is 57.8. The number of nitro benzene ring substituents is 1. The van der Waals surface area contributed by atoms with Gasteiger partial charge in [-0.3, -0.25) is 10.1 Å². The zero-order chi connectivity index (χ0) is 85.6. The molecular formula is C88H88N18O13S. The largest absolute Gasteiger partial charge is 0.489 e. The molecule has 10 N–H and O–H groups in total. The van der Waals surface area contributed by atoms with Crippen LogP contribution < -0.4 is 31.1 Å². The van der Waals surface area contributed by atoms with Gasteiger partial charge in [0.2, 0.25) is 33.8 Å². The van der Waals surface area contributed by atoms with Crippen molar-refractivity contribution < 1.29 is 56.2 Å². The minimum atomic E-state index is -3.75. The number of sulfonamides is 1. The lowest BCUT2D eigenvalue weighted by Gasteiger charge is -2.10. The number of rotatable bonds is 26. The number of hydrogen-bond donors (Lipinski definition) is 9. The number of para-hydroxylation sites is 1. The van der Waals surface area contributed by atoms with Crippen molar-refractivity contribution >= 4 is 86.1 Å². The molecule has 8 aromatic heterocycles. The number of primary sulfonamides is 1. The van der Waals surface area contributed by atoms with Gasteiger partial charge in [0, 0.05) is 116 Å². The van der Waals surface area contributed by atoms with Crippen LogP contribution in [0.5, 0.6) is 5.75 Å². The average Bonchev–Trinajstić information content (AvgIpc) is 1.61. The molecule has 0 spiro atoms. The number of nitrogens with zero attached hydrogens (tertiary/aromatic N) is 9. The highest BCUT2D eigenvalue weighted by Gasteiger charge is 2.27. The fourth-order valence-electron chi connectivity index (χ4n) is 12.9. The molecule has 120 heavy (non-hydrogen) atoms. The molecule has 6 aromatic carbocycles. The number of carbonyl (C=O) groups excluding carboxylic acids is 4. The molecule has 32 heteroatoms. The molecule has 31 nitrogen and oxygen atoms in total. The summed E-state index contributed by atoms with van der Waals surface area (Å²) in [5.74, 6) is 0.756. The minimum Gasteiger partial charge on any atom is -0.489 e. The summed E-state index contributed by atoms with van der Waals surface area (Å²) < 4.78 is 49.2. The predicted octanol–water partition coefficient (Wildman–Crippen LogP) is 17.5. The number of ether oxygens (including phenoxy) is 5. The Morgan fingerprint density at radius 3 is 1.12 bits per heavy atom. The second-order valence-electron chi connectivity index (χ2n) is 26.6. The third kappa shape index (κ3) is 21.7.